The van der Waals surface area contributed by atoms with Gasteiger partial charge in [-0.25, -0.2) is 0 Å². The number of benzene rings is 2. The molecule has 0 saturated carbocycles. The number of fused-ring (bicyclic) bond motifs is 1. The van der Waals surface area contributed by atoms with Gasteiger partial charge in [0.1, 0.15) is 11.5 Å². The molecule has 5 heteroatoms. The van der Waals surface area contributed by atoms with E-state index in [2.05, 4.69) is 23.6 Å². The van der Waals surface area contributed by atoms with E-state index in [0.717, 1.165) is 23.3 Å². The molecule has 1 aliphatic rings. The molecule has 1 unspecified atom stereocenters. The third-order valence-corrected chi connectivity index (χ3v) is 6.20. The Morgan fingerprint density at radius 1 is 1.10 bits per heavy atom. The quantitative estimate of drug-likeness (QED) is 0.564. The molecule has 29 heavy (non-hydrogen) atoms. The monoisotopic (exact) mass is 405 g/mol. The van der Waals surface area contributed by atoms with Crippen molar-refractivity contribution in [3.8, 4) is 11.5 Å². The second kappa shape index (κ2) is 8.53. The first-order valence-corrected chi connectivity index (χ1v) is 10.4. The Morgan fingerprint density at radius 2 is 1.93 bits per heavy atom. The van der Waals surface area contributed by atoms with Crippen LogP contribution in [-0.2, 0) is 11.2 Å². The highest BCUT2D eigenvalue weighted by molar-refractivity contribution is 7.10. The summed E-state index contributed by atoms with van der Waals surface area (Å²) in [6.45, 7) is 0.700. The molecule has 2 aromatic carbocycles. The van der Waals surface area contributed by atoms with Gasteiger partial charge in [-0.05, 0) is 53.3 Å². The molecule has 1 amide bonds. The van der Waals surface area contributed by atoms with E-state index < -0.39 is 0 Å². The van der Waals surface area contributed by atoms with E-state index in [9.17, 15) is 4.79 Å². The summed E-state index contributed by atoms with van der Waals surface area (Å²) >= 11 is 1.77. The number of carbonyl (C=O) groups is 1. The van der Waals surface area contributed by atoms with Crippen molar-refractivity contribution >= 4 is 23.3 Å². The summed E-state index contributed by atoms with van der Waals surface area (Å²) in [5, 5.41) is 2.12. The Hall–Kier alpha value is -3.05. The molecule has 3 aromatic rings. The van der Waals surface area contributed by atoms with Gasteiger partial charge in [-0.1, -0.05) is 30.3 Å². The van der Waals surface area contributed by atoms with Crippen LogP contribution in [0.4, 0.5) is 0 Å². The highest BCUT2D eigenvalue weighted by Crippen LogP contribution is 2.38. The average Bonchev–Trinajstić information content (AvgIpc) is 3.26. The lowest BCUT2D eigenvalue weighted by Crippen LogP contribution is -2.39. The van der Waals surface area contributed by atoms with Gasteiger partial charge in [-0.15, -0.1) is 11.3 Å². The van der Waals surface area contributed by atoms with Crippen molar-refractivity contribution in [3.63, 3.8) is 0 Å². The van der Waals surface area contributed by atoms with Crippen LogP contribution in [0.1, 0.15) is 27.6 Å². The third-order valence-electron chi connectivity index (χ3n) is 5.21. The van der Waals surface area contributed by atoms with Crippen LogP contribution in [0.3, 0.4) is 0 Å². The van der Waals surface area contributed by atoms with Crippen molar-refractivity contribution < 1.29 is 14.3 Å². The van der Waals surface area contributed by atoms with Gasteiger partial charge in [0.2, 0.25) is 5.91 Å². The Balaban J connectivity index is 1.65. The summed E-state index contributed by atoms with van der Waals surface area (Å²) in [6, 6.07) is 17.9. The first-order chi connectivity index (χ1) is 14.2. The van der Waals surface area contributed by atoms with Gasteiger partial charge in [0, 0.05) is 23.1 Å². The Labute approximate surface area is 175 Å². The van der Waals surface area contributed by atoms with E-state index in [-0.39, 0.29) is 11.9 Å². The largest absolute Gasteiger partial charge is 0.497 e. The fourth-order valence-electron chi connectivity index (χ4n) is 3.78. The van der Waals surface area contributed by atoms with Crippen LogP contribution in [-0.4, -0.2) is 31.6 Å². The molecule has 4 rings (SSSR count). The molecule has 0 fully saturated rings. The number of methoxy groups -OCH3 is 2. The number of ether oxygens (including phenoxy) is 2. The molecule has 2 heterocycles. The summed E-state index contributed by atoms with van der Waals surface area (Å²) in [5.74, 6) is 1.41. The minimum Gasteiger partial charge on any atom is -0.497 e. The zero-order valence-electron chi connectivity index (χ0n) is 16.5. The van der Waals surface area contributed by atoms with Gasteiger partial charge in [0.15, 0.2) is 0 Å². The standard InChI is InChI=1S/C24H23NO3S/c1-27-19-9-10-21(28-2)18(16-19)8-11-23(26)25-14-12-22-20(13-15-29-22)24(25)17-6-4-3-5-7-17/h3-11,13,15-16,24H,12,14H2,1-2H3. The molecule has 0 aliphatic carbocycles. The SMILES string of the molecule is COc1ccc(OC)c(C=CC(=O)N2CCc3sccc3C2c2ccccc2)c1. The molecular weight excluding hydrogens is 382 g/mol. The lowest BCUT2D eigenvalue weighted by atomic mass is 9.93. The molecule has 1 aromatic heterocycles. The van der Waals surface area contributed by atoms with Crippen LogP contribution >= 0.6 is 11.3 Å². The molecule has 4 nitrogen and oxygen atoms in total. The Bertz CT molecular complexity index is 1030. The predicted molar refractivity (Wildman–Crippen MR) is 117 cm³/mol. The van der Waals surface area contributed by atoms with Gasteiger partial charge in [0.05, 0.1) is 20.3 Å². The first kappa shape index (κ1) is 19.3. The topological polar surface area (TPSA) is 38.8 Å². The van der Waals surface area contributed by atoms with E-state index in [1.54, 1.807) is 37.7 Å². The third kappa shape index (κ3) is 3.91. The minimum absolute atomic E-state index is 0.0134. The molecular formula is C24H23NO3S. The van der Waals surface area contributed by atoms with E-state index in [1.165, 1.54) is 10.4 Å². The maximum atomic E-state index is 13.2. The zero-order valence-corrected chi connectivity index (χ0v) is 17.3. The molecule has 0 saturated heterocycles. The summed E-state index contributed by atoms with van der Waals surface area (Å²) in [4.78, 5) is 16.5. The number of rotatable bonds is 5. The van der Waals surface area contributed by atoms with Gasteiger partial charge in [0.25, 0.3) is 0 Å². The predicted octanol–water partition coefficient (Wildman–Crippen LogP) is 4.95. The number of nitrogens with zero attached hydrogens (tertiary/aromatic N) is 1. The second-order valence-corrected chi connectivity index (χ2v) is 7.84. The van der Waals surface area contributed by atoms with Gasteiger partial charge >= 0.3 is 0 Å². The maximum absolute atomic E-state index is 13.2. The van der Waals surface area contributed by atoms with Crippen LogP contribution in [0.15, 0.2) is 66.1 Å². The van der Waals surface area contributed by atoms with Crippen LogP contribution in [0.2, 0.25) is 0 Å². The number of carbonyl (C=O) groups excluding carboxylic acids is 1. The number of hydrogen-bond acceptors (Lipinski definition) is 4. The van der Waals surface area contributed by atoms with Crippen LogP contribution < -0.4 is 9.47 Å². The van der Waals surface area contributed by atoms with Gasteiger partial charge in [-0.3, -0.25) is 4.79 Å². The second-order valence-electron chi connectivity index (χ2n) is 6.84. The van der Waals surface area contributed by atoms with Crippen molar-refractivity contribution in [2.24, 2.45) is 0 Å². The molecule has 1 aliphatic heterocycles. The van der Waals surface area contributed by atoms with E-state index in [0.29, 0.717) is 12.3 Å². The van der Waals surface area contributed by atoms with E-state index in [1.807, 2.05) is 41.3 Å². The van der Waals surface area contributed by atoms with Gasteiger partial charge in [-0.2, -0.15) is 0 Å². The van der Waals surface area contributed by atoms with Crippen molar-refractivity contribution in [2.75, 3.05) is 20.8 Å². The lowest BCUT2D eigenvalue weighted by molar-refractivity contribution is -0.127. The van der Waals surface area contributed by atoms with Crippen molar-refractivity contribution in [3.05, 3.63) is 87.6 Å². The van der Waals surface area contributed by atoms with Crippen molar-refractivity contribution in [1.82, 2.24) is 4.90 Å². The zero-order chi connectivity index (χ0) is 20.2. The Morgan fingerprint density at radius 3 is 2.69 bits per heavy atom. The lowest BCUT2D eigenvalue weighted by Gasteiger charge is -2.35. The maximum Gasteiger partial charge on any atom is 0.247 e. The molecule has 1 atom stereocenters. The van der Waals surface area contributed by atoms with E-state index in [4.69, 9.17) is 9.47 Å². The van der Waals surface area contributed by atoms with Crippen LogP contribution in [0, 0.1) is 0 Å². The number of thiophene rings is 1. The van der Waals surface area contributed by atoms with Crippen LogP contribution in [0.5, 0.6) is 11.5 Å². The smallest absolute Gasteiger partial charge is 0.247 e. The van der Waals surface area contributed by atoms with E-state index >= 15 is 0 Å². The van der Waals surface area contributed by atoms with Crippen molar-refractivity contribution in [2.45, 2.75) is 12.5 Å². The molecule has 0 radical (unpaired) electrons. The minimum atomic E-state index is -0.0597. The summed E-state index contributed by atoms with van der Waals surface area (Å²) in [7, 11) is 3.24. The summed E-state index contributed by atoms with van der Waals surface area (Å²) in [5.41, 5.74) is 3.17. The van der Waals surface area contributed by atoms with Gasteiger partial charge < -0.3 is 14.4 Å². The highest BCUT2D eigenvalue weighted by atomic mass is 32.1. The number of amides is 1. The fourth-order valence-corrected chi connectivity index (χ4v) is 4.68. The molecule has 148 valence electrons. The summed E-state index contributed by atoms with van der Waals surface area (Å²) in [6.07, 6.45) is 4.32. The molecule has 0 N–H and O–H groups in total. The Kier molecular flexibility index (Phi) is 5.67. The first-order valence-electron chi connectivity index (χ1n) is 9.53. The average molecular weight is 406 g/mol. The molecule has 0 bridgehead atoms. The van der Waals surface area contributed by atoms with Crippen LogP contribution in [0.25, 0.3) is 6.08 Å². The highest BCUT2D eigenvalue weighted by Gasteiger charge is 2.31. The van der Waals surface area contributed by atoms with Crippen molar-refractivity contribution in [1.29, 1.82) is 0 Å². The normalized spacial score (nSPS) is 15.9. The molecule has 0 spiro atoms. The fraction of sp³-hybridized carbons (Fsp3) is 0.208. The number of hydrogen-bond donors (Lipinski definition) is 0. The summed E-state index contributed by atoms with van der Waals surface area (Å²) < 4.78 is 10.7.